The van der Waals surface area contributed by atoms with Gasteiger partial charge in [-0.3, -0.25) is 4.79 Å². The average molecular weight is 328 g/mol. The molecule has 2 aromatic carbocycles. The van der Waals surface area contributed by atoms with E-state index in [0.29, 0.717) is 23.7 Å². The van der Waals surface area contributed by atoms with Gasteiger partial charge < -0.3 is 14.6 Å². The number of benzene rings is 2. The zero-order valence-corrected chi connectivity index (χ0v) is 13.7. The summed E-state index contributed by atoms with van der Waals surface area (Å²) in [6.07, 6.45) is 1.38. The summed E-state index contributed by atoms with van der Waals surface area (Å²) in [6, 6.07) is 12.3. The maximum Gasteiger partial charge on any atom is 0.277 e. The van der Waals surface area contributed by atoms with Gasteiger partial charge in [-0.05, 0) is 43.7 Å². The first-order chi connectivity index (χ1) is 11.6. The minimum Gasteiger partial charge on any atom is -0.507 e. The number of phenolic OH excluding ortho intramolecular Hbond substituents is 1. The van der Waals surface area contributed by atoms with Crippen molar-refractivity contribution >= 4 is 12.1 Å². The number of phenols is 1. The molecule has 6 nitrogen and oxygen atoms in total. The van der Waals surface area contributed by atoms with Crippen LogP contribution in [0.3, 0.4) is 0 Å². The highest BCUT2D eigenvalue weighted by Gasteiger charge is 2.06. The molecule has 2 rings (SSSR count). The Kier molecular flexibility index (Phi) is 6.19. The Balaban J connectivity index is 1.86. The molecule has 126 valence electrons. The van der Waals surface area contributed by atoms with E-state index in [4.69, 9.17) is 9.47 Å². The zero-order chi connectivity index (χ0) is 17.4. The fraction of sp³-hybridized carbons (Fsp3) is 0.222. The van der Waals surface area contributed by atoms with Gasteiger partial charge in [0.15, 0.2) is 18.1 Å². The van der Waals surface area contributed by atoms with Crippen LogP contribution in [0.2, 0.25) is 0 Å². The van der Waals surface area contributed by atoms with Crippen molar-refractivity contribution < 1.29 is 19.4 Å². The number of para-hydroxylation sites is 2. The number of hydrogen-bond acceptors (Lipinski definition) is 5. The summed E-state index contributed by atoms with van der Waals surface area (Å²) in [5, 5.41) is 13.6. The second-order valence-electron chi connectivity index (χ2n) is 5.02. The Morgan fingerprint density at radius 3 is 2.58 bits per heavy atom. The highest BCUT2D eigenvalue weighted by atomic mass is 16.5. The molecule has 0 saturated carbocycles. The topological polar surface area (TPSA) is 80.2 Å². The molecule has 1 amide bonds. The lowest BCUT2D eigenvalue weighted by Gasteiger charge is -2.10. The van der Waals surface area contributed by atoms with E-state index in [0.717, 1.165) is 5.56 Å². The van der Waals surface area contributed by atoms with Crippen LogP contribution in [-0.2, 0) is 4.79 Å². The van der Waals surface area contributed by atoms with Crippen LogP contribution in [0.25, 0.3) is 0 Å². The fourth-order valence-corrected chi connectivity index (χ4v) is 1.96. The third-order valence-corrected chi connectivity index (χ3v) is 3.09. The summed E-state index contributed by atoms with van der Waals surface area (Å²) < 4.78 is 10.9. The highest BCUT2D eigenvalue weighted by Crippen LogP contribution is 2.26. The van der Waals surface area contributed by atoms with Crippen molar-refractivity contribution in [1.82, 2.24) is 5.43 Å². The highest BCUT2D eigenvalue weighted by molar-refractivity contribution is 5.85. The van der Waals surface area contributed by atoms with Crippen molar-refractivity contribution in [3.8, 4) is 17.2 Å². The smallest absolute Gasteiger partial charge is 0.277 e. The molecule has 0 unspecified atom stereocenters. The number of rotatable bonds is 7. The molecule has 24 heavy (non-hydrogen) atoms. The Labute approximate surface area is 140 Å². The van der Waals surface area contributed by atoms with Crippen molar-refractivity contribution in [3.05, 3.63) is 53.6 Å². The molecule has 0 atom stereocenters. The Bertz CT molecular complexity index is 729. The van der Waals surface area contributed by atoms with E-state index < -0.39 is 5.91 Å². The fourth-order valence-electron chi connectivity index (χ4n) is 1.96. The van der Waals surface area contributed by atoms with Crippen LogP contribution in [0, 0.1) is 6.92 Å². The van der Waals surface area contributed by atoms with Crippen LogP contribution in [0.5, 0.6) is 17.2 Å². The molecule has 0 aromatic heterocycles. The van der Waals surface area contributed by atoms with E-state index in [2.05, 4.69) is 10.5 Å². The van der Waals surface area contributed by atoms with E-state index in [-0.39, 0.29) is 12.4 Å². The zero-order valence-electron chi connectivity index (χ0n) is 13.7. The number of ether oxygens (including phenoxy) is 2. The summed E-state index contributed by atoms with van der Waals surface area (Å²) in [7, 11) is 0. The predicted octanol–water partition coefficient (Wildman–Crippen LogP) is 2.63. The average Bonchev–Trinajstić information content (AvgIpc) is 2.56. The minimum absolute atomic E-state index is 0.106. The molecule has 0 heterocycles. The summed E-state index contributed by atoms with van der Waals surface area (Å²) in [5.41, 5.74) is 3.81. The summed E-state index contributed by atoms with van der Waals surface area (Å²) >= 11 is 0. The number of hydrazone groups is 1. The number of hydrogen-bond donors (Lipinski definition) is 2. The van der Waals surface area contributed by atoms with Gasteiger partial charge in [-0.25, -0.2) is 5.43 Å². The van der Waals surface area contributed by atoms with E-state index in [1.807, 2.05) is 26.0 Å². The molecule has 2 aromatic rings. The lowest BCUT2D eigenvalue weighted by atomic mass is 10.1. The largest absolute Gasteiger partial charge is 0.507 e. The molecule has 0 aliphatic rings. The lowest BCUT2D eigenvalue weighted by Crippen LogP contribution is -2.24. The maximum absolute atomic E-state index is 11.8. The Morgan fingerprint density at radius 1 is 1.21 bits per heavy atom. The summed E-state index contributed by atoms with van der Waals surface area (Å²) in [6.45, 7) is 4.07. The lowest BCUT2D eigenvalue weighted by molar-refractivity contribution is -0.123. The number of amides is 1. The van der Waals surface area contributed by atoms with Crippen LogP contribution in [0.15, 0.2) is 47.6 Å². The van der Waals surface area contributed by atoms with Crippen LogP contribution in [0.4, 0.5) is 0 Å². The van der Waals surface area contributed by atoms with Crippen molar-refractivity contribution in [2.75, 3.05) is 13.2 Å². The van der Waals surface area contributed by atoms with Crippen LogP contribution >= 0.6 is 0 Å². The summed E-state index contributed by atoms with van der Waals surface area (Å²) in [4.78, 5) is 11.8. The Morgan fingerprint density at radius 2 is 1.92 bits per heavy atom. The molecular weight excluding hydrogens is 308 g/mol. The number of nitrogens with zero attached hydrogens (tertiary/aromatic N) is 1. The van der Waals surface area contributed by atoms with Gasteiger partial charge in [0.1, 0.15) is 5.75 Å². The standard InChI is InChI=1S/C18H20N2O4/c1-3-23-16-6-4-5-7-17(16)24-12-18(22)20-19-11-14-9-8-13(2)10-15(14)21/h4-11,21H,3,12H2,1-2H3,(H,20,22)/b19-11+. The maximum atomic E-state index is 11.8. The molecule has 0 saturated heterocycles. The molecule has 0 radical (unpaired) electrons. The van der Waals surface area contributed by atoms with Gasteiger partial charge in [-0.15, -0.1) is 0 Å². The first kappa shape index (κ1) is 17.3. The number of carbonyl (C=O) groups is 1. The van der Waals surface area contributed by atoms with E-state index in [1.165, 1.54) is 6.21 Å². The predicted molar refractivity (Wildman–Crippen MR) is 91.7 cm³/mol. The number of aryl methyl sites for hydroxylation is 1. The van der Waals surface area contributed by atoms with Gasteiger partial charge in [0.25, 0.3) is 5.91 Å². The van der Waals surface area contributed by atoms with Gasteiger partial charge in [-0.2, -0.15) is 5.10 Å². The van der Waals surface area contributed by atoms with Crippen molar-refractivity contribution in [1.29, 1.82) is 0 Å². The molecule has 6 heteroatoms. The third kappa shape index (κ3) is 5.01. The second kappa shape index (κ2) is 8.57. The van der Waals surface area contributed by atoms with Crippen LogP contribution in [0.1, 0.15) is 18.1 Å². The quantitative estimate of drug-likeness (QED) is 0.605. The third-order valence-electron chi connectivity index (χ3n) is 3.09. The first-order valence-electron chi connectivity index (χ1n) is 7.56. The van der Waals surface area contributed by atoms with Crippen molar-refractivity contribution in [2.45, 2.75) is 13.8 Å². The van der Waals surface area contributed by atoms with Gasteiger partial charge in [0.05, 0.1) is 12.8 Å². The number of carbonyl (C=O) groups excluding carboxylic acids is 1. The van der Waals surface area contributed by atoms with Crippen LogP contribution in [-0.4, -0.2) is 30.4 Å². The van der Waals surface area contributed by atoms with Gasteiger partial charge in [-0.1, -0.05) is 18.2 Å². The van der Waals surface area contributed by atoms with E-state index in [1.54, 1.807) is 30.3 Å². The molecule has 0 aliphatic carbocycles. The molecular formula is C18H20N2O4. The molecule has 0 bridgehead atoms. The Hall–Kier alpha value is -3.02. The SMILES string of the molecule is CCOc1ccccc1OCC(=O)N/N=C/c1ccc(C)cc1O. The van der Waals surface area contributed by atoms with Crippen molar-refractivity contribution in [2.24, 2.45) is 5.10 Å². The van der Waals surface area contributed by atoms with Gasteiger partial charge in [0.2, 0.25) is 0 Å². The second-order valence-corrected chi connectivity index (χ2v) is 5.02. The van der Waals surface area contributed by atoms with E-state index >= 15 is 0 Å². The molecule has 0 fully saturated rings. The van der Waals surface area contributed by atoms with Gasteiger partial charge >= 0.3 is 0 Å². The van der Waals surface area contributed by atoms with E-state index in [9.17, 15) is 9.90 Å². The van der Waals surface area contributed by atoms with Crippen LogP contribution < -0.4 is 14.9 Å². The van der Waals surface area contributed by atoms with Crippen molar-refractivity contribution in [3.63, 3.8) is 0 Å². The number of nitrogens with one attached hydrogen (secondary N) is 1. The summed E-state index contributed by atoms with van der Waals surface area (Å²) in [5.74, 6) is 0.773. The molecule has 0 aliphatic heterocycles. The monoisotopic (exact) mass is 328 g/mol. The normalized spacial score (nSPS) is 10.6. The van der Waals surface area contributed by atoms with Gasteiger partial charge in [0, 0.05) is 5.56 Å². The minimum atomic E-state index is -0.413. The number of aromatic hydroxyl groups is 1. The molecule has 2 N–H and O–H groups in total. The first-order valence-corrected chi connectivity index (χ1v) is 7.56. The molecule has 0 spiro atoms.